The minimum absolute atomic E-state index is 0.389. The third-order valence-electron chi connectivity index (χ3n) is 6.05. The highest BCUT2D eigenvalue weighted by molar-refractivity contribution is 5.94. The zero-order chi connectivity index (χ0) is 22.3. The molecule has 1 saturated heterocycles. The van der Waals surface area contributed by atoms with Gasteiger partial charge in [-0.1, -0.05) is 44.2 Å². The fourth-order valence-electron chi connectivity index (χ4n) is 4.22. The first kappa shape index (κ1) is 20.3. The van der Waals surface area contributed by atoms with E-state index in [0.29, 0.717) is 11.5 Å². The number of benzene rings is 2. The standard InChI is InChI=1S/C27H23N3O2/c1-17(2)21-14-19-7-4-11-30-25(19)23(15-21)18-5-3-6-20(13-18)26-27(16-28,32-26)22-8-9-24(31)29-12-10-22/h3-15,17,24,26,31H,1-2H3. The van der Waals surface area contributed by atoms with Crippen molar-refractivity contribution in [2.45, 2.75) is 37.7 Å². The summed E-state index contributed by atoms with van der Waals surface area (Å²) in [6.07, 6.45) is 7.03. The molecule has 158 valence electrons. The number of aliphatic hydroxyl groups excluding tert-OH is 1. The second kappa shape index (κ2) is 7.83. The van der Waals surface area contributed by atoms with Gasteiger partial charge in [0.15, 0.2) is 6.23 Å². The highest BCUT2D eigenvalue weighted by atomic mass is 16.6. The molecule has 5 nitrogen and oxygen atoms in total. The van der Waals surface area contributed by atoms with Gasteiger partial charge in [0.2, 0.25) is 5.60 Å². The second-order valence-electron chi connectivity index (χ2n) is 8.46. The Kier molecular flexibility index (Phi) is 4.97. The minimum Gasteiger partial charge on any atom is -0.368 e. The Morgan fingerprint density at radius 2 is 2.03 bits per heavy atom. The van der Waals surface area contributed by atoms with Crippen LogP contribution in [0, 0.1) is 11.3 Å². The average molecular weight is 422 g/mol. The fourth-order valence-corrected chi connectivity index (χ4v) is 4.22. The molecule has 32 heavy (non-hydrogen) atoms. The number of aliphatic hydroxyl groups is 1. The molecule has 0 amide bonds. The number of nitrogens with zero attached hydrogens (tertiary/aromatic N) is 3. The first-order chi connectivity index (χ1) is 15.5. The number of rotatable bonds is 4. The Labute approximate surface area is 187 Å². The summed E-state index contributed by atoms with van der Waals surface area (Å²) in [5, 5.41) is 20.8. The van der Waals surface area contributed by atoms with E-state index < -0.39 is 11.8 Å². The number of aromatic nitrogens is 1. The molecule has 2 aliphatic heterocycles. The van der Waals surface area contributed by atoms with Crippen molar-refractivity contribution in [3.05, 3.63) is 89.7 Å². The molecule has 0 radical (unpaired) electrons. The number of nitriles is 1. The molecule has 1 aromatic heterocycles. The molecule has 0 saturated carbocycles. The van der Waals surface area contributed by atoms with Gasteiger partial charge < -0.3 is 9.84 Å². The van der Waals surface area contributed by atoms with E-state index in [2.05, 4.69) is 60.2 Å². The van der Waals surface area contributed by atoms with Crippen molar-refractivity contribution in [1.29, 1.82) is 5.26 Å². The first-order valence-corrected chi connectivity index (χ1v) is 10.7. The van der Waals surface area contributed by atoms with E-state index in [1.54, 1.807) is 18.2 Å². The van der Waals surface area contributed by atoms with E-state index in [0.717, 1.165) is 27.6 Å². The van der Waals surface area contributed by atoms with Crippen molar-refractivity contribution in [2.24, 2.45) is 4.99 Å². The molecule has 5 heteroatoms. The Balaban J connectivity index is 1.56. The molecule has 2 aliphatic rings. The fraction of sp³-hybridized carbons (Fsp3) is 0.222. The second-order valence-corrected chi connectivity index (χ2v) is 8.46. The van der Waals surface area contributed by atoms with Crippen LogP contribution in [0.5, 0.6) is 0 Å². The monoisotopic (exact) mass is 421 g/mol. The van der Waals surface area contributed by atoms with E-state index in [4.69, 9.17) is 4.74 Å². The van der Waals surface area contributed by atoms with Gasteiger partial charge in [-0.2, -0.15) is 5.26 Å². The number of pyridine rings is 1. The van der Waals surface area contributed by atoms with E-state index in [1.165, 1.54) is 11.8 Å². The molecule has 0 spiro atoms. The maximum absolute atomic E-state index is 9.96. The van der Waals surface area contributed by atoms with Crippen LogP contribution in [0.15, 0.2) is 83.5 Å². The average Bonchev–Trinajstić information content (AvgIpc) is 3.59. The van der Waals surface area contributed by atoms with Gasteiger partial charge in [-0.25, -0.2) is 0 Å². The SMILES string of the molecule is CC(C)c1cc(-c2cccc(C3OC3(C#N)C3=CC=NC(O)C=C3)c2)c2ncccc2c1. The predicted octanol–water partition coefficient (Wildman–Crippen LogP) is 5.24. The maximum atomic E-state index is 9.96. The molecule has 2 aromatic carbocycles. The van der Waals surface area contributed by atoms with Gasteiger partial charge in [0, 0.05) is 28.9 Å². The molecule has 1 N–H and O–H groups in total. The van der Waals surface area contributed by atoms with E-state index in [-0.39, 0.29) is 6.10 Å². The van der Waals surface area contributed by atoms with Crippen LogP contribution in [-0.2, 0) is 4.74 Å². The number of fused-ring (bicyclic) bond motifs is 1. The van der Waals surface area contributed by atoms with Crippen LogP contribution >= 0.6 is 0 Å². The van der Waals surface area contributed by atoms with Crippen LogP contribution in [-0.4, -0.2) is 28.1 Å². The summed E-state index contributed by atoms with van der Waals surface area (Å²) in [7, 11) is 0. The maximum Gasteiger partial charge on any atom is 0.210 e. The van der Waals surface area contributed by atoms with Crippen molar-refractivity contribution in [1.82, 2.24) is 4.98 Å². The third-order valence-corrected chi connectivity index (χ3v) is 6.05. The molecular weight excluding hydrogens is 398 g/mol. The number of aliphatic imine (C=N–C) groups is 1. The summed E-state index contributed by atoms with van der Waals surface area (Å²) in [5.41, 5.74) is 4.86. The van der Waals surface area contributed by atoms with Gasteiger partial charge in [0.1, 0.15) is 12.2 Å². The Morgan fingerprint density at radius 3 is 2.84 bits per heavy atom. The summed E-state index contributed by atoms with van der Waals surface area (Å²) in [5.74, 6) is 0.394. The Hall–Kier alpha value is -3.59. The molecule has 3 heterocycles. The molecule has 5 rings (SSSR count). The minimum atomic E-state index is -1.08. The summed E-state index contributed by atoms with van der Waals surface area (Å²) < 4.78 is 5.97. The summed E-state index contributed by atoms with van der Waals surface area (Å²) >= 11 is 0. The van der Waals surface area contributed by atoms with E-state index in [9.17, 15) is 10.4 Å². The number of epoxide rings is 1. The highest BCUT2D eigenvalue weighted by Gasteiger charge is 2.60. The van der Waals surface area contributed by atoms with Gasteiger partial charge in [-0.05, 0) is 59.0 Å². The molecule has 3 unspecified atom stereocenters. The van der Waals surface area contributed by atoms with Gasteiger partial charge in [0.05, 0.1) is 5.52 Å². The van der Waals surface area contributed by atoms with Crippen molar-refractivity contribution < 1.29 is 9.84 Å². The summed E-state index contributed by atoms with van der Waals surface area (Å²) in [4.78, 5) is 8.59. The number of hydrogen-bond donors (Lipinski definition) is 1. The molecule has 3 aromatic rings. The molecule has 0 aliphatic carbocycles. The van der Waals surface area contributed by atoms with Crippen LogP contribution in [0.4, 0.5) is 0 Å². The third kappa shape index (κ3) is 3.44. The van der Waals surface area contributed by atoms with Crippen LogP contribution in [0.2, 0.25) is 0 Å². The molecular formula is C27H23N3O2. The molecule has 1 fully saturated rings. The van der Waals surface area contributed by atoms with Gasteiger partial charge in [-0.3, -0.25) is 9.98 Å². The van der Waals surface area contributed by atoms with Gasteiger partial charge in [0.25, 0.3) is 0 Å². The van der Waals surface area contributed by atoms with Crippen LogP contribution in [0.1, 0.15) is 37.0 Å². The zero-order valence-electron chi connectivity index (χ0n) is 17.9. The van der Waals surface area contributed by atoms with Gasteiger partial charge in [-0.15, -0.1) is 0 Å². The lowest BCUT2D eigenvalue weighted by molar-refractivity contribution is 0.235. The predicted molar refractivity (Wildman–Crippen MR) is 125 cm³/mol. The van der Waals surface area contributed by atoms with Crippen molar-refractivity contribution in [3.8, 4) is 17.2 Å². The van der Waals surface area contributed by atoms with E-state index in [1.807, 2.05) is 24.4 Å². The van der Waals surface area contributed by atoms with Crippen molar-refractivity contribution in [2.75, 3.05) is 0 Å². The van der Waals surface area contributed by atoms with Crippen LogP contribution in [0.25, 0.3) is 22.0 Å². The largest absolute Gasteiger partial charge is 0.368 e. The number of hydrogen-bond acceptors (Lipinski definition) is 5. The number of allylic oxidation sites excluding steroid dienone is 1. The normalized spacial score (nSPS) is 24.3. The molecule has 3 atom stereocenters. The number of ether oxygens (including phenoxy) is 1. The lowest BCUT2D eigenvalue weighted by atomic mass is 9.89. The first-order valence-electron chi connectivity index (χ1n) is 10.7. The van der Waals surface area contributed by atoms with Crippen LogP contribution in [0.3, 0.4) is 0 Å². The lowest BCUT2D eigenvalue weighted by Gasteiger charge is -2.13. The Morgan fingerprint density at radius 1 is 1.16 bits per heavy atom. The highest BCUT2D eigenvalue weighted by Crippen LogP contribution is 2.54. The Bertz CT molecular complexity index is 1330. The summed E-state index contributed by atoms with van der Waals surface area (Å²) in [6, 6.07) is 18.9. The smallest absolute Gasteiger partial charge is 0.210 e. The topological polar surface area (TPSA) is 81.8 Å². The lowest BCUT2D eigenvalue weighted by Crippen LogP contribution is -2.12. The van der Waals surface area contributed by atoms with Gasteiger partial charge >= 0.3 is 0 Å². The zero-order valence-corrected chi connectivity index (χ0v) is 17.9. The summed E-state index contributed by atoms with van der Waals surface area (Å²) in [6.45, 7) is 4.37. The molecule has 0 bridgehead atoms. The van der Waals surface area contributed by atoms with Crippen molar-refractivity contribution >= 4 is 17.1 Å². The quantitative estimate of drug-likeness (QED) is 0.584. The van der Waals surface area contributed by atoms with E-state index >= 15 is 0 Å². The van der Waals surface area contributed by atoms with Crippen molar-refractivity contribution in [3.63, 3.8) is 0 Å². The van der Waals surface area contributed by atoms with Crippen LogP contribution < -0.4 is 0 Å².